The smallest absolute Gasteiger partial charge is 0.308 e. The number of nitrogen functional groups attached to an aromatic ring is 1. The van der Waals surface area contributed by atoms with E-state index in [1.807, 2.05) is 0 Å². The number of piperidine rings is 1. The average molecular weight is 249 g/mol. The van der Waals surface area contributed by atoms with Crippen LogP contribution in [0.25, 0.3) is 0 Å². The molecule has 1 aliphatic rings. The monoisotopic (exact) mass is 249 g/mol. The van der Waals surface area contributed by atoms with Gasteiger partial charge >= 0.3 is 5.97 Å². The van der Waals surface area contributed by atoms with E-state index in [-0.39, 0.29) is 12.5 Å². The average Bonchev–Trinajstić information content (AvgIpc) is 2.39. The fourth-order valence-electron chi connectivity index (χ4n) is 2.06. The minimum Gasteiger partial charge on any atom is -0.481 e. The SMILES string of the molecule is Nc1ccc(C(=O)N2CCC[C@@H](C(=O)O)C2)nc1. The molecule has 0 bridgehead atoms. The summed E-state index contributed by atoms with van der Waals surface area (Å²) in [4.78, 5) is 28.5. The molecule has 6 nitrogen and oxygen atoms in total. The summed E-state index contributed by atoms with van der Waals surface area (Å²) in [6.07, 6.45) is 2.75. The van der Waals surface area contributed by atoms with Crippen molar-refractivity contribution in [1.29, 1.82) is 0 Å². The van der Waals surface area contributed by atoms with Crippen molar-refractivity contribution in [3.8, 4) is 0 Å². The molecule has 0 spiro atoms. The normalized spacial score (nSPS) is 19.6. The fourth-order valence-corrected chi connectivity index (χ4v) is 2.06. The van der Waals surface area contributed by atoms with Crippen LogP contribution in [-0.2, 0) is 4.79 Å². The molecule has 1 fully saturated rings. The number of carboxylic acids is 1. The van der Waals surface area contributed by atoms with Gasteiger partial charge < -0.3 is 15.7 Å². The minimum absolute atomic E-state index is 0.235. The minimum atomic E-state index is -0.849. The van der Waals surface area contributed by atoms with Gasteiger partial charge in [-0.2, -0.15) is 0 Å². The van der Waals surface area contributed by atoms with Gasteiger partial charge in [0, 0.05) is 13.1 Å². The van der Waals surface area contributed by atoms with Crippen molar-refractivity contribution in [3.05, 3.63) is 24.0 Å². The van der Waals surface area contributed by atoms with Crippen LogP contribution in [0.15, 0.2) is 18.3 Å². The largest absolute Gasteiger partial charge is 0.481 e. The van der Waals surface area contributed by atoms with Crippen molar-refractivity contribution in [3.63, 3.8) is 0 Å². The Bertz CT molecular complexity index is 458. The zero-order chi connectivity index (χ0) is 13.1. The number of hydrogen-bond donors (Lipinski definition) is 2. The van der Waals surface area contributed by atoms with E-state index >= 15 is 0 Å². The molecule has 18 heavy (non-hydrogen) atoms. The van der Waals surface area contributed by atoms with E-state index in [0.717, 1.165) is 0 Å². The zero-order valence-electron chi connectivity index (χ0n) is 9.87. The molecular formula is C12H15N3O3. The van der Waals surface area contributed by atoms with Crippen molar-refractivity contribution >= 4 is 17.6 Å². The van der Waals surface area contributed by atoms with Crippen LogP contribution in [0.3, 0.4) is 0 Å². The maximum atomic E-state index is 12.1. The Labute approximate surface area is 104 Å². The number of aromatic nitrogens is 1. The van der Waals surface area contributed by atoms with Gasteiger partial charge in [-0.1, -0.05) is 0 Å². The van der Waals surface area contributed by atoms with Gasteiger partial charge in [0.15, 0.2) is 0 Å². The summed E-state index contributed by atoms with van der Waals surface area (Å²) in [5.74, 6) is -1.56. The third kappa shape index (κ3) is 2.58. The molecule has 1 aromatic rings. The summed E-state index contributed by atoms with van der Waals surface area (Å²) < 4.78 is 0. The van der Waals surface area contributed by atoms with E-state index < -0.39 is 11.9 Å². The van der Waals surface area contributed by atoms with Crippen LogP contribution in [0.4, 0.5) is 5.69 Å². The maximum absolute atomic E-state index is 12.1. The van der Waals surface area contributed by atoms with E-state index in [1.165, 1.54) is 6.20 Å². The van der Waals surface area contributed by atoms with E-state index in [9.17, 15) is 9.59 Å². The molecule has 1 atom stereocenters. The Hall–Kier alpha value is -2.11. The molecule has 96 valence electrons. The molecular weight excluding hydrogens is 234 g/mol. The van der Waals surface area contributed by atoms with Gasteiger partial charge in [-0.3, -0.25) is 9.59 Å². The summed E-state index contributed by atoms with van der Waals surface area (Å²) in [6, 6.07) is 3.17. The lowest BCUT2D eigenvalue weighted by Gasteiger charge is -2.30. The molecule has 0 aliphatic carbocycles. The molecule has 0 saturated carbocycles. The van der Waals surface area contributed by atoms with Gasteiger partial charge in [0.2, 0.25) is 0 Å². The van der Waals surface area contributed by atoms with Gasteiger partial charge in [0.25, 0.3) is 5.91 Å². The number of carbonyl (C=O) groups is 2. The lowest BCUT2D eigenvalue weighted by Crippen LogP contribution is -2.42. The van der Waals surface area contributed by atoms with E-state index in [4.69, 9.17) is 10.8 Å². The quantitative estimate of drug-likeness (QED) is 0.800. The van der Waals surface area contributed by atoms with Crippen LogP contribution in [-0.4, -0.2) is 40.0 Å². The highest BCUT2D eigenvalue weighted by atomic mass is 16.4. The summed E-state index contributed by atoms with van der Waals surface area (Å²) in [5.41, 5.74) is 6.30. The summed E-state index contributed by atoms with van der Waals surface area (Å²) >= 11 is 0. The van der Waals surface area contributed by atoms with Crippen molar-refractivity contribution in [2.75, 3.05) is 18.8 Å². The maximum Gasteiger partial charge on any atom is 0.308 e. The van der Waals surface area contributed by atoms with Crippen LogP contribution in [0.5, 0.6) is 0 Å². The summed E-state index contributed by atoms with van der Waals surface area (Å²) in [6.45, 7) is 0.828. The van der Waals surface area contributed by atoms with Crippen LogP contribution < -0.4 is 5.73 Å². The predicted molar refractivity (Wildman–Crippen MR) is 64.9 cm³/mol. The van der Waals surface area contributed by atoms with Crippen molar-refractivity contribution in [2.24, 2.45) is 5.92 Å². The molecule has 0 aromatic carbocycles. The molecule has 1 amide bonds. The van der Waals surface area contributed by atoms with Crippen LogP contribution in [0, 0.1) is 5.92 Å². The summed E-state index contributed by atoms with van der Waals surface area (Å²) in [5, 5.41) is 8.97. The third-order valence-electron chi connectivity index (χ3n) is 3.06. The lowest BCUT2D eigenvalue weighted by atomic mass is 9.98. The molecule has 6 heteroatoms. The molecule has 3 N–H and O–H groups in total. The van der Waals surface area contributed by atoms with Gasteiger partial charge in [-0.25, -0.2) is 4.98 Å². The topological polar surface area (TPSA) is 96.5 Å². The van der Waals surface area contributed by atoms with Gasteiger partial charge in [-0.15, -0.1) is 0 Å². The molecule has 2 rings (SSSR count). The Balaban J connectivity index is 2.09. The number of nitrogens with zero attached hydrogens (tertiary/aromatic N) is 2. The first-order chi connectivity index (χ1) is 8.58. The third-order valence-corrected chi connectivity index (χ3v) is 3.06. The van der Waals surface area contributed by atoms with Gasteiger partial charge in [-0.05, 0) is 25.0 Å². The number of anilines is 1. The Morgan fingerprint density at radius 1 is 1.44 bits per heavy atom. The molecule has 0 unspecified atom stereocenters. The second-order valence-electron chi connectivity index (χ2n) is 4.41. The summed E-state index contributed by atoms with van der Waals surface area (Å²) in [7, 11) is 0. The lowest BCUT2D eigenvalue weighted by molar-refractivity contribution is -0.143. The Morgan fingerprint density at radius 3 is 2.83 bits per heavy atom. The Kier molecular flexibility index (Phi) is 3.45. The number of hydrogen-bond acceptors (Lipinski definition) is 4. The number of amides is 1. The van der Waals surface area contributed by atoms with Crippen molar-refractivity contribution in [2.45, 2.75) is 12.8 Å². The number of rotatable bonds is 2. The van der Waals surface area contributed by atoms with Crippen molar-refractivity contribution in [1.82, 2.24) is 9.88 Å². The molecule has 1 aromatic heterocycles. The van der Waals surface area contributed by atoms with Crippen LogP contribution >= 0.6 is 0 Å². The second-order valence-corrected chi connectivity index (χ2v) is 4.41. The molecule has 1 aliphatic heterocycles. The predicted octanol–water partition coefficient (Wildman–Crippen LogP) is 0.601. The molecule has 2 heterocycles. The first kappa shape index (κ1) is 12.3. The van der Waals surface area contributed by atoms with Gasteiger partial charge in [0.1, 0.15) is 5.69 Å². The molecule has 1 saturated heterocycles. The van der Waals surface area contributed by atoms with Crippen LogP contribution in [0.1, 0.15) is 23.3 Å². The first-order valence-electron chi connectivity index (χ1n) is 5.81. The van der Waals surface area contributed by atoms with Crippen LogP contribution in [0.2, 0.25) is 0 Å². The van der Waals surface area contributed by atoms with Crippen molar-refractivity contribution < 1.29 is 14.7 Å². The van der Waals surface area contributed by atoms with Gasteiger partial charge in [0.05, 0.1) is 17.8 Å². The standard InChI is InChI=1S/C12H15N3O3/c13-9-3-4-10(14-6-9)11(16)15-5-1-2-8(7-15)12(17)18/h3-4,6,8H,1-2,5,7,13H2,(H,17,18)/t8-/m1/s1. The number of aliphatic carboxylic acids is 1. The second kappa shape index (κ2) is 5.03. The zero-order valence-corrected chi connectivity index (χ0v) is 9.87. The number of carbonyl (C=O) groups excluding carboxylic acids is 1. The highest BCUT2D eigenvalue weighted by molar-refractivity contribution is 5.92. The number of nitrogens with two attached hydrogens (primary N) is 1. The number of likely N-dealkylation sites (tertiary alicyclic amines) is 1. The molecule has 0 radical (unpaired) electrons. The first-order valence-corrected chi connectivity index (χ1v) is 5.81. The fraction of sp³-hybridized carbons (Fsp3) is 0.417. The highest BCUT2D eigenvalue weighted by Gasteiger charge is 2.28. The number of carboxylic acid groups (broad SMARTS) is 1. The number of pyridine rings is 1. The Morgan fingerprint density at radius 2 is 2.22 bits per heavy atom. The van der Waals surface area contributed by atoms with E-state index in [1.54, 1.807) is 17.0 Å². The van der Waals surface area contributed by atoms with E-state index in [2.05, 4.69) is 4.98 Å². The van der Waals surface area contributed by atoms with E-state index in [0.29, 0.717) is 30.8 Å². The highest BCUT2D eigenvalue weighted by Crippen LogP contribution is 2.18.